The van der Waals surface area contributed by atoms with Crippen LogP contribution in [0.1, 0.15) is 17.0 Å². The van der Waals surface area contributed by atoms with Gasteiger partial charge in [-0.1, -0.05) is 59.0 Å². The van der Waals surface area contributed by atoms with Crippen LogP contribution in [0.4, 0.5) is 0 Å². The summed E-state index contributed by atoms with van der Waals surface area (Å²) in [6.07, 6.45) is 1.73. The Bertz CT molecular complexity index is 709. The van der Waals surface area contributed by atoms with Crippen molar-refractivity contribution < 1.29 is 13.3 Å². The first kappa shape index (κ1) is 16.4. The molecular formula is C17H19NO3S. The van der Waals surface area contributed by atoms with Crippen molar-refractivity contribution in [1.29, 1.82) is 0 Å². The second-order valence-electron chi connectivity index (χ2n) is 4.96. The van der Waals surface area contributed by atoms with Crippen molar-refractivity contribution in [3.8, 4) is 0 Å². The van der Waals surface area contributed by atoms with Crippen LogP contribution < -0.4 is 4.89 Å². The lowest BCUT2D eigenvalue weighted by Gasteiger charge is -2.13. The van der Waals surface area contributed by atoms with Crippen molar-refractivity contribution in [1.82, 2.24) is 4.89 Å². The lowest BCUT2D eigenvalue weighted by Crippen LogP contribution is -2.26. The maximum absolute atomic E-state index is 12.1. The first-order valence-electron chi connectivity index (χ1n) is 6.90. The molecule has 0 bridgehead atoms. The molecule has 22 heavy (non-hydrogen) atoms. The van der Waals surface area contributed by atoms with Crippen LogP contribution in [-0.2, 0) is 14.9 Å². The second kappa shape index (κ2) is 7.35. The first-order valence-corrected chi connectivity index (χ1v) is 8.39. The van der Waals surface area contributed by atoms with E-state index in [0.717, 1.165) is 11.1 Å². The molecule has 1 unspecified atom stereocenters. The van der Waals surface area contributed by atoms with Gasteiger partial charge in [0.2, 0.25) is 0 Å². The van der Waals surface area contributed by atoms with Gasteiger partial charge in [0.05, 0.1) is 11.5 Å². The zero-order valence-corrected chi connectivity index (χ0v) is 13.2. The van der Waals surface area contributed by atoms with Crippen molar-refractivity contribution in [2.75, 3.05) is 6.61 Å². The zero-order chi connectivity index (χ0) is 16.0. The smallest absolute Gasteiger partial charge is 0.262 e. The third-order valence-electron chi connectivity index (χ3n) is 3.28. The Kier molecular flexibility index (Phi) is 5.49. The van der Waals surface area contributed by atoms with Gasteiger partial charge in [-0.05, 0) is 24.6 Å². The molecule has 2 aromatic rings. The van der Waals surface area contributed by atoms with E-state index in [2.05, 4.69) is 11.5 Å². The molecule has 4 nitrogen and oxygen atoms in total. The van der Waals surface area contributed by atoms with Crippen molar-refractivity contribution in [2.24, 2.45) is 0 Å². The Hall–Kier alpha value is -1.95. The van der Waals surface area contributed by atoms with Crippen LogP contribution in [0.5, 0.6) is 0 Å². The molecule has 0 heterocycles. The maximum Gasteiger partial charge on any atom is 0.262 e. The standard InChI is InChI=1S/C17H19NO3S/c1-3-15(16-7-5-4-6-8-16)13-21-18-22(19,20)17-11-9-14(2)10-12-17/h3-12,15,18H,1,13H2,2H3. The number of hydrogen-bond donors (Lipinski definition) is 1. The molecule has 0 aliphatic rings. The number of hydrogen-bond acceptors (Lipinski definition) is 3. The highest BCUT2D eigenvalue weighted by molar-refractivity contribution is 7.89. The van der Waals surface area contributed by atoms with Crippen LogP contribution in [0.2, 0.25) is 0 Å². The highest BCUT2D eigenvalue weighted by atomic mass is 32.2. The minimum absolute atomic E-state index is 0.0816. The summed E-state index contributed by atoms with van der Waals surface area (Å²) in [5.74, 6) is -0.0816. The second-order valence-corrected chi connectivity index (χ2v) is 6.61. The molecular weight excluding hydrogens is 298 g/mol. The molecule has 0 aliphatic carbocycles. The number of nitrogens with one attached hydrogen (secondary N) is 1. The first-order chi connectivity index (χ1) is 10.5. The number of sulfonamides is 1. The van der Waals surface area contributed by atoms with Crippen molar-refractivity contribution in [3.05, 3.63) is 78.4 Å². The van der Waals surface area contributed by atoms with Gasteiger partial charge in [-0.3, -0.25) is 4.84 Å². The monoisotopic (exact) mass is 317 g/mol. The van der Waals surface area contributed by atoms with Crippen molar-refractivity contribution in [3.63, 3.8) is 0 Å². The summed E-state index contributed by atoms with van der Waals surface area (Å²) in [6.45, 7) is 5.84. The zero-order valence-electron chi connectivity index (χ0n) is 12.4. The largest absolute Gasteiger partial charge is 0.286 e. The Morgan fingerprint density at radius 3 is 2.36 bits per heavy atom. The van der Waals surface area contributed by atoms with Gasteiger partial charge < -0.3 is 0 Å². The Morgan fingerprint density at radius 2 is 1.77 bits per heavy atom. The molecule has 116 valence electrons. The molecule has 2 aromatic carbocycles. The SMILES string of the molecule is C=CC(CONS(=O)(=O)c1ccc(C)cc1)c1ccccc1. The summed E-state index contributed by atoms with van der Waals surface area (Å²) in [5.41, 5.74) is 2.02. The van der Waals surface area contributed by atoms with Crippen LogP contribution >= 0.6 is 0 Å². The van der Waals surface area contributed by atoms with Crippen LogP contribution in [0, 0.1) is 6.92 Å². The number of benzene rings is 2. The fourth-order valence-corrected chi connectivity index (χ4v) is 2.78. The van der Waals surface area contributed by atoms with Gasteiger partial charge in [0, 0.05) is 5.92 Å². The molecule has 5 heteroatoms. The summed E-state index contributed by atoms with van der Waals surface area (Å²) in [7, 11) is -3.67. The van der Waals surface area contributed by atoms with E-state index in [1.807, 2.05) is 37.3 Å². The molecule has 0 radical (unpaired) electrons. The summed E-state index contributed by atoms with van der Waals surface area (Å²) >= 11 is 0. The van der Waals surface area contributed by atoms with Crippen LogP contribution in [-0.4, -0.2) is 15.0 Å². The molecule has 0 saturated heterocycles. The molecule has 1 N–H and O–H groups in total. The predicted octanol–water partition coefficient (Wildman–Crippen LogP) is 3.17. The van der Waals surface area contributed by atoms with Crippen molar-refractivity contribution in [2.45, 2.75) is 17.7 Å². The third-order valence-corrected chi connectivity index (χ3v) is 4.51. The van der Waals surface area contributed by atoms with E-state index in [1.165, 1.54) is 0 Å². The summed E-state index contributed by atoms with van der Waals surface area (Å²) in [6, 6.07) is 16.2. The number of aryl methyl sites for hydroxylation is 1. The van der Waals surface area contributed by atoms with Crippen LogP contribution in [0.25, 0.3) is 0 Å². The maximum atomic E-state index is 12.1. The molecule has 0 saturated carbocycles. The average Bonchev–Trinajstić information content (AvgIpc) is 2.53. The van der Waals surface area contributed by atoms with Crippen molar-refractivity contribution >= 4 is 10.0 Å². The highest BCUT2D eigenvalue weighted by Gasteiger charge is 2.15. The van der Waals surface area contributed by atoms with Gasteiger partial charge in [0.25, 0.3) is 10.0 Å². The molecule has 0 aromatic heterocycles. The van der Waals surface area contributed by atoms with Gasteiger partial charge in [0.15, 0.2) is 0 Å². The van der Waals surface area contributed by atoms with E-state index in [1.54, 1.807) is 30.3 Å². The normalized spacial score (nSPS) is 12.8. The average molecular weight is 317 g/mol. The van der Waals surface area contributed by atoms with Gasteiger partial charge in [-0.25, -0.2) is 8.42 Å². The highest BCUT2D eigenvalue weighted by Crippen LogP contribution is 2.17. The number of rotatable bonds is 7. The minimum atomic E-state index is -3.67. The van der Waals surface area contributed by atoms with Crippen LogP contribution in [0.3, 0.4) is 0 Å². The fourth-order valence-electron chi connectivity index (χ4n) is 1.97. The molecule has 1 atom stereocenters. The summed E-state index contributed by atoms with van der Waals surface area (Å²) < 4.78 is 24.2. The van der Waals surface area contributed by atoms with Gasteiger partial charge >= 0.3 is 0 Å². The van der Waals surface area contributed by atoms with Gasteiger partial charge in [-0.2, -0.15) is 0 Å². The lowest BCUT2D eigenvalue weighted by molar-refractivity contribution is 0.0884. The van der Waals surface area contributed by atoms with E-state index in [0.29, 0.717) is 0 Å². The minimum Gasteiger partial charge on any atom is -0.286 e. The predicted molar refractivity (Wildman–Crippen MR) is 86.8 cm³/mol. The Balaban J connectivity index is 1.97. The quantitative estimate of drug-likeness (QED) is 0.630. The summed E-state index contributed by atoms with van der Waals surface area (Å²) in [4.78, 5) is 7.51. The van der Waals surface area contributed by atoms with E-state index in [9.17, 15) is 8.42 Å². The molecule has 0 fully saturated rings. The summed E-state index contributed by atoms with van der Waals surface area (Å²) in [5, 5.41) is 0. The Labute approximate surface area is 131 Å². The van der Waals surface area contributed by atoms with E-state index in [4.69, 9.17) is 4.84 Å². The van der Waals surface area contributed by atoms with Gasteiger partial charge in [0.1, 0.15) is 0 Å². The van der Waals surface area contributed by atoms with E-state index < -0.39 is 10.0 Å². The molecule has 0 amide bonds. The van der Waals surface area contributed by atoms with Gasteiger partial charge in [-0.15, -0.1) is 6.58 Å². The van der Waals surface area contributed by atoms with Crippen LogP contribution in [0.15, 0.2) is 72.1 Å². The van der Waals surface area contributed by atoms with E-state index >= 15 is 0 Å². The fraction of sp³-hybridized carbons (Fsp3) is 0.176. The molecule has 0 spiro atoms. The topological polar surface area (TPSA) is 55.4 Å². The lowest BCUT2D eigenvalue weighted by atomic mass is 10.0. The van der Waals surface area contributed by atoms with E-state index in [-0.39, 0.29) is 17.4 Å². The molecule has 0 aliphatic heterocycles. The third kappa shape index (κ3) is 4.27. The Morgan fingerprint density at radius 1 is 1.14 bits per heavy atom. The molecule has 2 rings (SSSR count).